The van der Waals surface area contributed by atoms with Crippen molar-refractivity contribution in [3.8, 4) is 0 Å². The number of aromatic nitrogens is 2. The largest absolute Gasteiger partial charge is 0.460 e. The van der Waals surface area contributed by atoms with E-state index < -0.39 is 0 Å². The molecule has 0 radical (unpaired) electrons. The quantitative estimate of drug-likeness (QED) is 0.761. The number of hydrogen-bond acceptors (Lipinski definition) is 6. The second kappa shape index (κ2) is 5.88. The molecule has 0 unspecified atom stereocenters. The van der Waals surface area contributed by atoms with E-state index in [4.69, 9.17) is 9.15 Å². The molecule has 0 spiro atoms. The highest BCUT2D eigenvalue weighted by molar-refractivity contribution is 5.71. The zero-order chi connectivity index (χ0) is 15.6. The van der Waals surface area contributed by atoms with Crippen LogP contribution in [0.15, 0.2) is 34.7 Å². The molecule has 22 heavy (non-hydrogen) atoms. The first-order valence-electron chi connectivity index (χ1n) is 7.31. The lowest BCUT2D eigenvalue weighted by Gasteiger charge is -2.23. The van der Waals surface area contributed by atoms with Gasteiger partial charge in [-0.15, -0.1) is 10.2 Å². The molecular formula is C16H19N3O3. The van der Waals surface area contributed by atoms with Crippen molar-refractivity contribution >= 4 is 5.97 Å². The van der Waals surface area contributed by atoms with Gasteiger partial charge >= 0.3 is 5.97 Å². The summed E-state index contributed by atoms with van der Waals surface area (Å²) in [4.78, 5) is 13.9. The molecule has 0 amide bonds. The lowest BCUT2D eigenvalue weighted by atomic mass is 10.2. The number of hydrogen-bond donors (Lipinski definition) is 0. The van der Waals surface area contributed by atoms with E-state index in [0.717, 1.165) is 18.4 Å². The average Bonchev–Trinajstić information content (AvgIpc) is 3.22. The van der Waals surface area contributed by atoms with Crippen molar-refractivity contribution in [2.75, 3.05) is 13.6 Å². The molecule has 2 aromatic rings. The van der Waals surface area contributed by atoms with Crippen LogP contribution in [0, 0.1) is 6.92 Å². The molecule has 6 nitrogen and oxygen atoms in total. The number of carbonyl (C=O) groups is 1. The van der Waals surface area contributed by atoms with Crippen molar-refractivity contribution in [3.63, 3.8) is 0 Å². The maximum atomic E-state index is 12.0. The molecule has 1 aromatic carbocycles. The van der Waals surface area contributed by atoms with Gasteiger partial charge in [0, 0.05) is 6.92 Å². The fourth-order valence-corrected chi connectivity index (χ4v) is 2.49. The van der Waals surface area contributed by atoms with E-state index in [2.05, 4.69) is 10.2 Å². The van der Waals surface area contributed by atoms with Crippen molar-refractivity contribution in [3.05, 3.63) is 47.7 Å². The van der Waals surface area contributed by atoms with Gasteiger partial charge in [-0.1, -0.05) is 30.3 Å². The van der Waals surface area contributed by atoms with Crippen LogP contribution in [0.2, 0.25) is 0 Å². The lowest BCUT2D eigenvalue weighted by molar-refractivity contribution is -0.146. The van der Waals surface area contributed by atoms with Crippen molar-refractivity contribution in [1.29, 1.82) is 0 Å². The van der Waals surface area contributed by atoms with Crippen LogP contribution in [0.1, 0.15) is 30.2 Å². The number of likely N-dealkylation sites (N-methyl/N-ethyl adjacent to an activating group) is 1. The van der Waals surface area contributed by atoms with Gasteiger partial charge in [-0.25, -0.2) is 0 Å². The Balaban J connectivity index is 1.55. The van der Waals surface area contributed by atoms with Crippen LogP contribution in [0.5, 0.6) is 0 Å². The van der Waals surface area contributed by atoms with E-state index in [1.165, 1.54) is 0 Å². The Morgan fingerprint density at radius 2 is 2.05 bits per heavy atom. The van der Waals surface area contributed by atoms with E-state index in [9.17, 15) is 4.79 Å². The third-order valence-corrected chi connectivity index (χ3v) is 3.99. The van der Waals surface area contributed by atoms with Gasteiger partial charge < -0.3 is 9.15 Å². The second-order valence-corrected chi connectivity index (χ2v) is 5.66. The number of esters is 1. The maximum Gasteiger partial charge on any atom is 0.320 e. The summed E-state index contributed by atoms with van der Waals surface area (Å²) in [5.74, 6) is 0.874. The van der Waals surface area contributed by atoms with Crippen molar-refractivity contribution in [1.82, 2.24) is 15.1 Å². The maximum absolute atomic E-state index is 12.0. The van der Waals surface area contributed by atoms with E-state index in [1.54, 1.807) is 6.92 Å². The van der Waals surface area contributed by atoms with Gasteiger partial charge in [0.25, 0.3) is 0 Å². The molecule has 0 saturated heterocycles. The summed E-state index contributed by atoms with van der Waals surface area (Å²) in [7, 11) is 1.89. The minimum atomic E-state index is -0.299. The molecule has 1 aromatic heterocycles. The van der Waals surface area contributed by atoms with Crippen LogP contribution in [-0.2, 0) is 21.7 Å². The average molecular weight is 301 g/mol. The van der Waals surface area contributed by atoms with Crippen LogP contribution in [0.4, 0.5) is 0 Å². The molecule has 1 aliphatic carbocycles. The summed E-state index contributed by atoms with van der Waals surface area (Å²) in [5.41, 5.74) is 0.680. The standard InChI is InChI=1S/C16H19N3O3/c1-12-17-18-15(22-12)16(8-9-16)19(2)10-14(20)21-11-13-6-4-3-5-7-13/h3-7H,8-11H2,1-2H3. The molecule has 0 aliphatic heterocycles. The highest BCUT2D eigenvalue weighted by Crippen LogP contribution is 2.49. The van der Waals surface area contributed by atoms with Crippen LogP contribution in [0.25, 0.3) is 0 Å². The molecule has 1 fully saturated rings. The molecule has 1 aliphatic rings. The predicted octanol–water partition coefficient (Wildman–Crippen LogP) is 2.04. The van der Waals surface area contributed by atoms with E-state index in [1.807, 2.05) is 42.3 Å². The third kappa shape index (κ3) is 3.01. The third-order valence-electron chi connectivity index (χ3n) is 3.99. The summed E-state index contributed by atoms with van der Waals surface area (Å²) in [6.07, 6.45) is 1.83. The number of aryl methyl sites for hydroxylation is 1. The highest BCUT2D eigenvalue weighted by atomic mass is 16.5. The van der Waals surface area contributed by atoms with Crippen LogP contribution < -0.4 is 0 Å². The fraction of sp³-hybridized carbons (Fsp3) is 0.438. The highest BCUT2D eigenvalue weighted by Gasteiger charge is 2.53. The minimum Gasteiger partial charge on any atom is -0.460 e. The van der Waals surface area contributed by atoms with Gasteiger partial charge in [0.15, 0.2) is 0 Å². The fourth-order valence-electron chi connectivity index (χ4n) is 2.49. The van der Waals surface area contributed by atoms with E-state index in [-0.39, 0.29) is 18.1 Å². The normalized spacial score (nSPS) is 15.8. The lowest BCUT2D eigenvalue weighted by Crippen LogP contribution is -2.37. The first kappa shape index (κ1) is 14.7. The zero-order valence-electron chi connectivity index (χ0n) is 12.8. The molecule has 116 valence electrons. The molecule has 3 rings (SSSR count). The van der Waals surface area contributed by atoms with Crippen LogP contribution in [0.3, 0.4) is 0 Å². The van der Waals surface area contributed by atoms with Gasteiger partial charge in [-0.2, -0.15) is 0 Å². The minimum absolute atomic E-state index is 0.203. The topological polar surface area (TPSA) is 68.5 Å². The predicted molar refractivity (Wildman–Crippen MR) is 78.8 cm³/mol. The Kier molecular flexibility index (Phi) is 3.94. The van der Waals surface area contributed by atoms with Crippen molar-refractivity contribution < 1.29 is 13.9 Å². The zero-order valence-corrected chi connectivity index (χ0v) is 12.8. The summed E-state index contributed by atoms with van der Waals surface area (Å²) >= 11 is 0. The van der Waals surface area contributed by atoms with Gasteiger partial charge in [-0.3, -0.25) is 9.69 Å². The molecule has 1 saturated carbocycles. The Labute approximate surface area is 129 Å². The van der Waals surface area contributed by atoms with Crippen molar-refractivity contribution in [2.45, 2.75) is 31.9 Å². The molecule has 1 heterocycles. The van der Waals surface area contributed by atoms with Crippen LogP contribution in [-0.4, -0.2) is 34.7 Å². The van der Waals surface area contributed by atoms with E-state index >= 15 is 0 Å². The van der Waals surface area contributed by atoms with Gasteiger partial charge in [0.05, 0.1) is 6.54 Å². The van der Waals surface area contributed by atoms with Crippen molar-refractivity contribution in [2.24, 2.45) is 0 Å². The summed E-state index contributed by atoms with van der Waals surface area (Å²) < 4.78 is 10.8. The van der Waals surface area contributed by atoms with E-state index in [0.29, 0.717) is 18.4 Å². The molecular weight excluding hydrogens is 282 g/mol. The number of ether oxygens (including phenoxy) is 1. The monoisotopic (exact) mass is 301 g/mol. The first-order valence-corrected chi connectivity index (χ1v) is 7.31. The van der Waals surface area contributed by atoms with Gasteiger partial charge in [-0.05, 0) is 25.5 Å². The summed E-state index contributed by atoms with van der Waals surface area (Å²) in [5, 5.41) is 7.96. The summed E-state index contributed by atoms with van der Waals surface area (Å²) in [6.45, 7) is 2.26. The second-order valence-electron chi connectivity index (χ2n) is 5.66. The van der Waals surface area contributed by atoms with Gasteiger partial charge in [0.1, 0.15) is 12.1 Å². The first-order chi connectivity index (χ1) is 10.6. The Hall–Kier alpha value is -2.21. The molecule has 0 atom stereocenters. The molecule has 0 N–H and O–H groups in total. The Morgan fingerprint density at radius 3 is 2.64 bits per heavy atom. The summed E-state index contributed by atoms with van der Waals surface area (Å²) in [6, 6.07) is 9.64. The Morgan fingerprint density at radius 1 is 1.32 bits per heavy atom. The van der Waals surface area contributed by atoms with Crippen LogP contribution >= 0.6 is 0 Å². The number of benzene rings is 1. The smallest absolute Gasteiger partial charge is 0.320 e. The number of carbonyl (C=O) groups excluding carboxylic acids is 1. The number of nitrogens with zero attached hydrogens (tertiary/aromatic N) is 3. The number of rotatable bonds is 6. The SMILES string of the molecule is Cc1nnc(C2(N(C)CC(=O)OCc3ccccc3)CC2)o1. The molecule has 0 bridgehead atoms. The Bertz CT molecular complexity index is 650. The molecule has 6 heteroatoms. The van der Waals surface area contributed by atoms with Gasteiger partial charge in [0.2, 0.25) is 11.8 Å².